The maximum absolute atomic E-state index is 4.15. The van der Waals surface area contributed by atoms with Crippen LogP contribution in [-0.4, -0.2) is 24.6 Å². The first-order valence-electron chi connectivity index (χ1n) is 5.40. The van der Waals surface area contributed by atoms with E-state index in [1.54, 1.807) is 0 Å². The van der Waals surface area contributed by atoms with Crippen LogP contribution in [0.5, 0.6) is 0 Å². The molecule has 0 bridgehead atoms. The molecule has 0 aromatic heterocycles. The van der Waals surface area contributed by atoms with Crippen LogP contribution < -0.4 is 5.32 Å². The summed E-state index contributed by atoms with van der Waals surface area (Å²) in [5, 5.41) is 3.34. The van der Waals surface area contributed by atoms with Crippen molar-refractivity contribution >= 4 is 24.4 Å². The third-order valence-electron chi connectivity index (χ3n) is 2.11. The summed E-state index contributed by atoms with van der Waals surface area (Å²) in [6.07, 6.45) is 1.10. The Morgan fingerprint density at radius 1 is 1.20 bits per heavy atom. The molecule has 0 spiro atoms. The quantitative estimate of drug-likeness (QED) is 0.432. The number of hydrogen-bond donors (Lipinski definition) is 2. The van der Waals surface area contributed by atoms with E-state index in [4.69, 9.17) is 0 Å². The Hall–Kier alpha value is -0.120. The molecule has 0 saturated heterocycles. The monoisotopic (exact) mass is 241 g/mol. The fourth-order valence-electron chi connectivity index (χ4n) is 1.36. The molecule has 0 radical (unpaired) electrons. The molecule has 3 heteroatoms. The van der Waals surface area contributed by atoms with Crippen LogP contribution in [0.4, 0.5) is 0 Å². The van der Waals surface area contributed by atoms with Gasteiger partial charge in [-0.2, -0.15) is 12.6 Å². The van der Waals surface area contributed by atoms with Crippen LogP contribution in [0.25, 0.3) is 0 Å². The van der Waals surface area contributed by atoms with Crippen LogP contribution in [0.3, 0.4) is 0 Å². The van der Waals surface area contributed by atoms with Gasteiger partial charge in [0.2, 0.25) is 0 Å². The van der Waals surface area contributed by atoms with Crippen molar-refractivity contribution < 1.29 is 0 Å². The molecular weight excluding hydrogens is 222 g/mol. The average molecular weight is 241 g/mol. The van der Waals surface area contributed by atoms with Crippen LogP contribution in [0, 0.1) is 0 Å². The Morgan fingerprint density at radius 3 is 2.53 bits per heavy atom. The Labute approximate surface area is 102 Å². The molecular formula is C12H19NS2. The number of rotatable bonds is 7. The Kier molecular flexibility index (Phi) is 6.98. The summed E-state index contributed by atoms with van der Waals surface area (Å²) < 4.78 is 0. The molecule has 1 aromatic rings. The molecule has 0 unspecified atom stereocenters. The first kappa shape index (κ1) is 12.9. The second-order valence-corrected chi connectivity index (χ2v) is 5.09. The van der Waals surface area contributed by atoms with Crippen molar-refractivity contribution in [1.82, 2.24) is 5.32 Å². The molecule has 0 heterocycles. The number of nitrogens with one attached hydrogen (secondary N) is 1. The van der Waals surface area contributed by atoms with E-state index in [9.17, 15) is 0 Å². The molecule has 0 aliphatic rings. The summed E-state index contributed by atoms with van der Waals surface area (Å²) in [6.45, 7) is 4.22. The van der Waals surface area contributed by atoms with Crippen molar-refractivity contribution in [1.29, 1.82) is 0 Å². The zero-order chi connectivity index (χ0) is 10.9. The standard InChI is InChI=1S/C12H19NS2/c1-2-15-12-5-3-11(4-6-12)7-8-13-9-10-14/h3-6,13-14H,2,7-10H2,1H3. The third-order valence-corrected chi connectivity index (χ3v) is 3.23. The van der Waals surface area contributed by atoms with Gasteiger partial charge in [-0.15, -0.1) is 11.8 Å². The van der Waals surface area contributed by atoms with Crippen molar-refractivity contribution in [2.24, 2.45) is 0 Å². The average Bonchev–Trinajstić information content (AvgIpc) is 2.27. The van der Waals surface area contributed by atoms with Crippen LogP contribution in [0.15, 0.2) is 29.2 Å². The van der Waals surface area contributed by atoms with Crippen LogP contribution in [0.1, 0.15) is 12.5 Å². The molecule has 1 N–H and O–H groups in total. The highest BCUT2D eigenvalue weighted by atomic mass is 32.2. The van der Waals surface area contributed by atoms with Crippen molar-refractivity contribution in [3.63, 3.8) is 0 Å². The Balaban J connectivity index is 2.29. The van der Waals surface area contributed by atoms with Crippen molar-refractivity contribution in [3.05, 3.63) is 29.8 Å². The van der Waals surface area contributed by atoms with Gasteiger partial charge >= 0.3 is 0 Å². The molecule has 1 nitrogen and oxygen atoms in total. The largest absolute Gasteiger partial charge is 0.316 e. The predicted octanol–water partition coefficient (Wildman–Crippen LogP) is 2.86. The Morgan fingerprint density at radius 2 is 1.93 bits per heavy atom. The summed E-state index contributed by atoms with van der Waals surface area (Å²) >= 11 is 6.04. The minimum atomic E-state index is 0.909. The van der Waals surface area contributed by atoms with Crippen LogP contribution in [0.2, 0.25) is 0 Å². The topological polar surface area (TPSA) is 12.0 Å². The van der Waals surface area contributed by atoms with Gasteiger partial charge in [0.25, 0.3) is 0 Å². The molecule has 0 aliphatic heterocycles. The lowest BCUT2D eigenvalue weighted by Crippen LogP contribution is -2.19. The van der Waals surface area contributed by atoms with Gasteiger partial charge in [-0.1, -0.05) is 19.1 Å². The molecule has 1 aromatic carbocycles. The summed E-state index contributed by atoms with van der Waals surface area (Å²) in [5.41, 5.74) is 1.40. The van der Waals surface area contributed by atoms with E-state index in [1.165, 1.54) is 10.5 Å². The third kappa shape index (κ3) is 5.50. The van der Waals surface area contributed by atoms with Gasteiger partial charge in [-0.25, -0.2) is 0 Å². The van der Waals surface area contributed by atoms with Crippen LogP contribution in [-0.2, 0) is 6.42 Å². The normalized spacial score (nSPS) is 10.5. The molecule has 0 fully saturated rings. The van der Waals surface area contributed by atoms with E-state index in [1.807, 2.05) is 11.8 Å². The van der Waals surface area contributed by atoms with Crippen LogP contribution >= 0.6 is 24.4 Å². The zero-order valence-electron chi connectivity index (χ0n) is 9.20. The molecule has 84 valence electrons. The molecule has 0 aliphatic carbocycles. The summed E-state index contributed by atoms with van der Waals surface area (Å²) in [5.74, 6) is 2.05. The maximum Gasteiger partial charge on any atom is 0.00720 e. The van der Waals surface area contributed by atoms with Gasteiger partial charge in [-0.05, 0) is 36.4 Å². The highest BCUT2D eigenvalue weighted by Crippen LogP contribution is 2.17. The lowest BCUT2D eigenvalue weighted by Gasteiger charge is -2.04. The first-order valence-corrected chi connectivity index (χ1v) is 7.02. The van der Waals surface area contributed by atoms with E-state index in [-0.39, 0.29) is 0 Å². The summed E-state index contributed by atoms with van der Waals surface area (Å²) in [4.78, 5) is 1.37. The number of thiol groups is 1. The predicted molar refractivity (Wildman–Crippen MR) is 73.3 cm³/mol. The van der Waals surface area contributed by atoms with Crippen molar-refractivity contribution in [2.75, 3.05) is 24.6 Å². The second kappa shape index (κ2) is 8.08. The van der Waals surface area contributed by atoms with Gasteiger partial charge in [0.15, 0.2) is 0 Å². The molecule has 0 saturated carbocycles. The fraction of sp³-hybridized carbons (Fsp3) is 0.500. The SMILES string of the molecule is CCSc1ccc(CCNCCS)cc1. The van der Waals surface area contributed by atoms with Gasteiger partial charge < -0.3 is 5.32 Å². The lowest BCUT2D eigenvalue weighted by atomic mass is 10.1. The summed E-state index contributed by atoms with van der Waals surface area (Å²) in [6, 6.07) is 8.87. The molecule has 15 heavy (non-hydrogen) atoms. The molecule has 0 amide bonds. The summed E-state index contributed by atoms with van der Waals surface area (Å²) in [7, 11) is 0. The molecule has 1 rings (SSSR count). The number of thioether (sulfide) groups is 1. The highest BCUT2D eigenvalue weighted by Gasteiger charge is 1.94. The van der Waals surface area contributed by atoms with Gasteiger partial charge in [0.05, 0.1) is 0 Å². The van der Waals surface area contributed by atoms with Gasteiger partial charge in [0, 0.05) is 17.2 Å². The maximum atomic E-state index is 4.15. The molecule has 0 atom stereocenters. The zero-order valence-corrected chi connectivity index (χ0v) is 10.9. The minimum absolute atomic E-state index is 0.909. The van der Waals surface area contributed by atoms with E-state index < -0.39 is 0 Å². The van der Waals surface area contributed by atoms with E-state index >= 15 is 0 Å². The van der Waals surface area contributed by atoms with E-state index in [0.717, 1.165) is 31.0 Å². The van der Waals surface area contributed by atoms with Gasteiger partial charge in [-0.3, -0.25) is 0 Å². The van der Waals surface area contributed by atoms with Crippen molar-refractivity contribution in [2.45, 2.75) is 18.2 Å². The minimum Gasteiger partial charge on any atom is -0.316 e. The number of hydrogen-bond acceptors (Lipinski definition) is 3. The first-order chi connectivity index (χ1) is 7.36. The Bertz CT molecular complexity index is 259. The van der Waals surface area contributed by atoms with E-state index in [2.05, 4.69) is 49.1 Å². The van der Waals surface area contributed by atoms with Gasteiger partial charge in [0.1, 0.15) is 0 Å². The lowest BCUT2D eigenvalue weighted by molar-refractivity contribution is 0.721. The smallest absolute Gasteiger partial charge is 0.00720 e. The highest BCUT2D eigenvalue weighted by molar-refractivity contribution is 7.99. The fourth-order valence-corrected chi connectivity index (χ4v) is 2.18. The van der Waals surface area contributed by atoms with E-state index in [0.29, 0.717) is 0 Å². The second-order valence-electron chi connectivity index (χ2n) is 3.30. The number of benzene rings is 1. The van der Waals surface area contributed by atoms with Crippen molar-refractivity contribution in [3.8, 4) is 0 Å².